The number of carbonyl (C=O) groups is 1. The van der Waals surface area contributed by atoms with Gasteiger partial charge in [0.05, 0.1) is 11.7 Å². The first-order valence-corrected chi connectivity index (χ1v) is 7.21. The molecule has 0 saturated heterocycles. The standard InChI is InChI=1S/C15H20N4O/c16-13-4-2-1-3-10(13)7-15(20)18-12-6-5-11-9-17-19-14(11)8-12/h5-6,8-10,13H,1-4,7,16H2,(H,17,19)(H,18,20). The maximum atomic E-state index is 12.1. The molecule has 1 aliphatic carbocycles. The molecule has 2 aromatic rings. The zero-order chi connectivity index (χ0) is 13.9. The summed E-state index contributed by atoms with van der Waals surface area (Å²) in [5.74, 6) is 0.367. The smallest absolute Gasteiger partial charge is 0.224 e. The predicted octanol–water partition coefficient (Wildman–Crippen LogP) is 2.41. The van der Waals surface area contributed by atoms with Gasteiger partial charge in [0.1, 0.15) is 0 Å². The number of aromatic amines is 1. The average molecular weight is 272 g/mol. The van der Waals surface area contributed by atoms with Gasteiger partial charge in [0.2, 0.25) is 5.91 Å². The maximum Gasteiger partial charge on any atom is 0.224 e. The Morgan fingerprint density at radius 2 is 2.25 bits per heavy atom. The van der Waals surface area contributed by atoms with Crippen molar-refractivity contribution >= 4 is 22.5 Å². The van der Waals surface area contributed by atoms with E-state index in [0.717, 1.165) is 29.4 Å². The van der Waals surface area contributed by atoms with Crippen molar-refractivity contribution in [3.8, 4) is 0 Å². The zero-order valence-electron chi connectivity index (χ0n) is 11.4. The van der Waals surface area contributed by atoms with E-state index in [1.165, 1.54) is 12.8 Å². The van der Waals surface area contributed by atoms with E-state index in [1.807, 2.05) is 18.2 Å². The second-order valence-corrected chi connectivity index (χ2v) is 5.63. The Balaban J connectivity index is 1.63. The SMILES string of the molecule is NC1CCCCC1CC(=O)Nc1ccc2cn[nH]c2c1. The average Bonchev–Trinajstić information content (AvgIpc) is 2.89. The van der Waals surface area contributed by atoms with Crippen LogP contribution in [0.5, 0.6) is 0 Å². The summed E-state index contributed by atoms with van der Waals surface area (Å²) in [4.78, 5) is 12.1. The summed E-state index contributed by atoms with van der Waals surface area (Å²) in [6.07, 6.45) is 6.76. The molecule has 4 N–H and O–H groups in total. The number of nitrogens with one attached hydrogen (secondary N) is 2. The Morgan fingerprint density at radius 3 is 3.10 bits per heavy atom. The van der Waals surface area contributed by atoms with Crippen LogP contribution in [0.4, 0.5) is 5.69 Å². The Kier molecular flexibility index (Phi) is 3.69. The number of nitrogens with two attached hydrogens (primary N) is 1. The van der Waals surface area contributed by atoms with Crippen LogP contribution >= 0.6 is 0 Å². The number of fused-ring (bicyclic) bond motifs is 1. The van der Waals surface area contributed by atoms with Crippen LogP contribution in [0.3, 0.4) is 0 Å². The van der Waals surface area contributed by atoms with E-state index in [9.17, 15) is 4.79 Å². The Hall–Kier alpha value is -1.88. The number of H-pyrrole nitrogens is 1. The first-order chi connectivity index (χ1) is 9.72. The maximum absolute atomic E-state index is 12.1. The summed E-state index contributed by atoms with van der Waals surface area (Å²) in [6, 6.07) is 5.92. The third kappa shape index (κ3) is 2.82. The van der Waals surface area contributed by atoms with Gasteiger partial charge in [-0.3, -0.25) is 9.89 Å². The van der Waals surface area contributed by atoms with E-state index in [0.29, 0.717) is 12.3 Å². The van der Waals surface area contributed by atoms with Gasteiger partial charge in [-0.1, -0.05) is 12.8 Å². The zero-order valence-corrected chi connectivity index (χ0v) is 11.4. The minimum Gasteiger partial charge on any atom is -0.327 e. The highest BCUT2D eigenvalue weighted by Gasteiger charge is 2.24. The van der Waals surface area contributed by atoms with Gasteiger partial charge in [0, 0.05) is 23.5 Å². The number of anilines is 1. The molecule has 5 nitrogen and oxygen atoms in total. The lowest BCUT2D eigenvalue weighted by Gasteiger charge is -2.27. The lowest BCUT2D eigenvalue weighted by Crippen LogP contribution is -2.35. The summed E-state index contributed by atoms with van der Waals surface area (Å²) in [5, 5.41) is 10.9. The minimum absolute atomic E-state index is 0.0474. The van der Waals surface area contributed by atoms with Crippen LogP contribution < -0.4 is 11.1 Å². The number of benzene rings is 1. The summed E-state index contributed by atoms with van der Waals surface area (Å²) in [5.41, 5.74) is 7.82. The molecule has 1 fully saturated rings. The van der Waals surface area contributed by atoms with E-state index >= 15 is 0 Å². The molecule has 1 heterocycles. The number of aromatic nitrogens is 2. The molecule has 1 amide bonds. The van der Waals surface area contributed by atoms with Crippen LogP contribution in [0.15, 0.2) is 24.4 Å². The minimum atomic E-state index is 0.0474. The van der Waals surface area contributed by atoms with Gasteiger partial charge < -0.3 is 11.1 Å². The van der Waals surface area contributed by atoms with Gasteiger partial charge in [-0.2, -0.15) is 5.10 Å². The van der Waals surface area contributed by atoms with Crippen molar-refractivity contribution in [1.29, 1.82) is 0 Å². The molecule has 3 rings (SSSR count). The number of nitrogens with zero attached hydrogens (tertiary/aromatic N) is 1. The number of amides is 1. The van der Waals surface area contributed by atoms with Crippen LogP contribution in [0.2, 0.25) is 0 Å². The lowest BCUT2D eigenvalue weighted by molar-refractivity contribution is -0.117. The van der Waals surface area contributed by atoms with Gasteiger partial charge in [0.25, 0.3) is 0 Å². The second-order valence-electron chi connectivity index (χ2n) is 5.63. The largest absolute Gasteiger partial charge is 0.327 e. The molecule has 5 heteroatoms. The fourth-order valence-electron chi connectivity index (χ4n) is 2.95. The first kappa shape index (κ1) is 13.1. The fraction of sp³-hybridized carbons (Fsp3) is 0.467. The molecular formula is C15H20N4O. The van der Waals surface area contributed by atoms with E-state index in [-0.39, 0.29) is 11.9 Å². The molecule has 0 spiro atoms. The van der Waals surface area contributed by atoms with Crippen molar-refractivity contribution in [3.63, 3.8) is 0 Å². The van der Waals surface area contributed by atoms with Crippen molar-refractivity contribution in [2.75, 3.05) is 5.32 Å². The van der Waals surface area contributed by atoms with E-state index in [1.54, 1.807) is 6.20 Å². The normalized spacial score (nSPS) is 22.9. The summed E-state index contributed by atoms with van der Waals surface area (Å²) < 4.78 is 0. The molecule has 2 unspecified atom stereocenters. The Bertz CT molecular complexity index is 607. The van der Waals surface area contributed by atoms with Crippen molar-refractivity contribution < 1.29 is 4.79 Å². The molecule has 20 heavy (non-hydrogen) atoms. The van der Waals surface area contributed by atoms with Crippen molar-refractivity contribution in [1.82, 2.24) is 10.2 Å². The van der Waals surface area contributed by atoms with Gasteiger partial charge in [0.15, 0.2) is 0 Å². The molecule has 0 radical (unpaired) electrons. The van der Waals surface area contributed by atoms with Crippen LogP contribution in [-0.2, 0) is 4.79 Å². The quantitative estimate of drug-likeness (QED) is 0.802. The fourth-order valence-corrected chi connectivity index (χ4v) is 2.95. The molecule has 1 aromatic carbocycles. The number of hydrogen-bond acceptors (Lipinski definition) is 3. The molecular weight excluding hydrogens is 252 g/mol. The predicted molar refractivity (Wildman–Crippen MR) is 79.3 cm³/mol. The van der Waals surface area contributed by atoms with Gasteiger partial charge in [-0.15, -0.1) is 0 Å². The highest BCUT2D eigenvalue weighted by molar-refractivity contribution is 5.93. The monoisotopic (exact) mass is 272 g/mol. The van der Waals surface area contributed by atoms with E-state index in [4.69, 9.17) is 5.73 Å². The van der Waals surface area contributed by atoms with E-state index < -0.39 is 0 Å². The third-order valence-corrected chi connectivity index (χ3v) is 4.14. The molecule has 1 aliphatic rings. The van der Waals surface area contributed by atoms with Crippen molar-refractivity contribution in [2.45, 2.75) is 38.1 Å². The van der Waals surface area contributed by atoms with E-state index in [2.05, 4.69) is 15.5 Å². The molecule has 0 aliphatic heterocycles. The number of rotatable bonds is 3. The van der Waals surface area contributed by atoms with Crippen LogP contribution in [0, 0.1) is 5.92 Å². The van der Waals surface area contributed by atoms with Crippen LogP contribution in [0.1, 0.15) is 32.1 Å². The highest BCUT2D eigenvalue weighted by Crippen LogP contribution is 2.26. The van der Waals surface area contributed by atoms with Gasteiger partial charge in [-0.05, 0) is 37.0 Å². The van der Waals surface area contributed by atoms with Crippen molar-refractivity contribution in [2.24, 2.45) is 11.7 Å². The number of hydrogen-bond donors (Lipinski definition) is 3. The summed E-state index contributed by atoms with van der Waals surface area (Å²) in [6.45, 7) is 0. The Morgan fingerprint density at radius 1 is 1.40 bits per heavy atom. The van der Waals surface area contributed by atoms with Gasteiger partial charge >= 0.3 is 0 Å². The molecule has 1 saturated carbocycles. The molecule has 2 atom stereocenters. The third-order valence-electron chi connectivity index (χ3n) is 4.14. The molecule has 1 aromatic heterocycles. The lowest BCUT2D eigenvalue weighted by atomic mass is 9.83. The summed E-state index contributed by atoms with van der Waals surface area (Å²) >= 11 is 0. The second kappa shape index (κ2) is 5.63. The van der Waals surface area contributed by atoms with Crippen molar-refractivity contribution in [3.05, 3.63) is 24.4 Å². The van der Waals surface area contributed by atoms with Gasteiger partial charge in [-0.25, -0.2) is 0 Å². The number of carbonyl (C=O) groups excluding carboxylic acids is 1. The molecule has 0 bridgehead atoms. The first-order valence-electron chi connectivity index (χ1n) is 7.21. The van der Waals surface area contributed by atoms with Crippen LogP contribution in [-0.4, -0.2) is 22.1 Å². The van der Waals surface area contributed by atoms with Crippen LogP contribution in [0.25, 0.3) is 10.9 Å². The molecule has 106 valence electrons. The summed E-state index contributed by atoms with van der Waals surface area (Å²) in [7, 11) is 0. The topological polar surface area (TPSA) is 83.8 Å². The highest BCUT2D eigenvalue weighted by atomic mass is 16.1. The Labute approximate surface area is 117 Å².